The minimum atomic E-state index is -0.339. The number of hydrogen-bond acceptors (Lipinski definition) is 2. The van der Waals surface area contributed by atoms with Gasteiger partial charge in [0, 0.05) is 13.1 Å². The number of piperidine rings is 1. The smallest absolute Gasteiger partial charge is 0.141 e. The van der Waals surface area contributed by atoms with Gasteiger partial charge in [-0.1, -0.05) is 24.6 Å². The first kappa shape index (κ1) is 14.8. The summed E-state index contributed by atoms with van der Waals surface area (Å²) in [6, 6.07) is 5.03. The number of nitrogens with zero attached hydrogens (tertiary/aromatic N) is 1. The van der Waals surface area contributed by atoms with Crippen LogP contribution in [0.15, 0.2) is 18.2 Å². The number of hydrogen-bond donors (Lipinski definition) is 1. The van der Waals surface area contributed by atoms with E-state index in [1.165, 1.54) is 18.9 Å². The van der Waals surface area contributed by atoms with E-state index in [4.69, 9.17) is 11.6 Å². The van der Waals surface area contributed by atoms with Crippen LogP contribution in [0.5, 0.6) is 0 Å². The fourth-order valence-corrected chi connectivity index (χ4v) is 2.91. The molecule has 1 aromatic rings. The SMILES string of the molecule is CCNCC1CCCN(Cc2ccc(F)c(Cl)c2)C1. The van der Waals surface area contributed by atoms with E-state index in [-0.39, 0.29) is 10.8 Å². The van der Waals surface area contributed by atoms with Gasteiger partial charge in [0.05, 0.1) is 5.02 Å². The van der Waals surface area contributed by atoms with Crippen LogP contribution < -0.4 is 5.32 Å². The number of likely N-dealkylation sites (tertiary alicyclic amines) is 1. The van der Waals surface area contributed by atoms with Gasteiger partial charge in [-0.15, -0.1) is 0 Å². The Labute approximate surface area is 119 Å². The molecule has 0 bridgehead atoms. The third-order valence-corrected chi connectivity index (χ3v) is 3.97. The Hall–Kier alpha value is -0.640. The monoisotopic (exact) mass is 284 g/mol. The van der Waals surface area contributed by atoms with E-state index in [2.05, 4.69) is 17.1 Å². The molecule has 2 nitrogen and oxygen atoms in total. The van der Waals surface area contributed by atoms with Gasteiger partial charge < -0.3 is 5.32 Å². The number of halogens is 2. The summed E-state index contributed by atoms with van der Waals surface area (Å²) < 4.78 is 13.1. The molecule has 1 aliphatic heterocycles. The third-order valence-electron chi connectivity index (χ3n) is 3.68. The quantitative estimate of drug-likeness (QED) is 0.892. The molecule has 0 amide bonds. The fourth-order valence-electron chi connectivity index (χ4n) is 2.71. The lowest BCUT2D eigenvalue weighted by atomic mass is 9.97. The average molecular weight is 285 g/mol. The van der Waals surface area contributed by atoms with Crippen LogP contribution in [0, 0.1) is 11.7 Å². The second kappa shape index (κ2) is 7.22. The van der Waals surface area contributed by atoms with Gasteiger partial charge in [-0.3, -0.25) is 4.90 Å². The summed E-state index contributed by atoms with van der Waals surface area (Å²) in [5, 5.41) is 3.64. The van der Waals surface area contributed by atoms with Gasteiger partial charge in [0.15, 0.2) is 0 Å². The topological polar surface area (TPSA) is 15.3 Å². The van der Waals surface area contributed by atoms with E-state index in [0.717, 1.165) is 44.2 Å². The van der Waals surface area contributed by atoms with Crippen LogP contribution in [-0.4, -0.2) is 31.1 Å². The molecule has 0 aromatic heterocycles. The summed E-state index contributed by atoms with van der Waals surface area (Å²) in [7, 11) is 0. The summed E-state index contributed by atoms with van der Waals surface area (Å²) >= 11 is 5.83. The summed E-state index contributed by atoms with van der Waals surface area (Å²) in [4.78, 5) is 2.44. The summed E-state index contributed by atoms with van der Waals surface area (Å²) in [6.07, 6.45) is 2.54. The van der Waals surface area contributed by atoms with Gasteiger partial charge in [-0.05, 0) is 56.1 Å². The Balaban J connectivity index is 1.89. The van der Waals surface area contributed by atoms with Crippen molar-refractivity contribution in [3.05, 3.63) is 34.6 Å². The Morgan fingerprint density at radius 3 is 3.05 bits per heavy atom. The zero-order valence-corrected chi connectivity index (χ0v) is 12.2. The molecule has 1 saturated heterocycles. The Kier molecular flexibility index (Phi) is 5.61. The molecule has 19 heavy (non-hydrogen) atoms. The zero-order chi connectivity index (χ0) is 13.7. The highest BCUT2D eigenvalue weighted by Crippen LogP contribution is 2.21. The number of benzene rings is 1. The first-order chi connectivity index (χ1) is 9.19. The predicted octanol–water partition coefficient (Wildman–Crippen LogP) is 3.30. The highest BCUT2D eigenvalue weighted by atomic mass is 35.5. The molecule has 1 heterocycles. The predicted molar refractivity (Wildman–Crippen MR) is 78.0 cm³/mol. The van der Waals surface area contributed by atoms with E-state index < -0.39 is 0 Å². The van der Waals surface area contributed by atoms with Crippen LogP contribution in [0.1, 0.15) is 25.3 Å². The van der Waals surface area contributed by atoms with Crippen LogP contribution in [0.2, 0.25) is 5.02 Å². The number of rotatable bonds is 5. The lowest BCUT2D eigenvalue weighted by molar-refractivity contribution is 0.166. The van der Waals surface area contributed by atoms with Crippen molar-refractivity contribution in [1.29, 1.82) is 0 Å². The largest absolute Gasteiger partial charge is 0.317 e. The Morgan fingerprint density at radius 2 is 2.32 bits per heavy atom. The molecule has 0 spiro atoms. The van der Waals surface area contributed by atoms with E-state index in [1.54, 1.807) is 6.07 Å². The molecular weight excluding hydrogens is 263 g/mol. The minimum absolute atomic E-state index is 0.221. The second-order valence-corrected chi connectivity index (χ2v) is 5.71. The highest BCUT2D eigenvalue weighted by molar-refractivity contribution is 6.30. The third kappa shape index (κ3) is 4.44. The number of nitrogens with one attached hydrogen (secondary N) is 1. The maximum absolute atomic E-state index is 13.1. The van der Waals surface area contributed by atoms with E-state index >= 15 is 0 Å². The summed E-state index contributed by atoms with van der Waals surface area (Å²) in [5.41, 5.74) is 1.09. The average Bonchev–Trinajstić information content (AvgIpc) is 2.41. The Morgan fingerprint density at radius 1 is 1.47 bits per heavy atom. The second-order valence-electron chi connectivity index (χ2n) is 5.30. The van der Waals surface area contributed by atoms with E-state index in [1.807, 2.05) is 6.07 Å². The lowest BCUT2D eigenvalue weighted by Crippen LogP contribution is -2.39. The highest BCUT2D eigenvalue weighted by Gasteiger charge is 2.19. The molecule has 1 aliphatic rings. The van der Waals surface area contributed by atoms with Gasteiger partial charge in [-0.25, -0.2) is 4.39 Å². The molecule has 1 unspecified atom stereocenters. The maximum Gasteiger partial charge on any atom is 0.141 e. The maximum atomic E-state index is 13.1. The lowest BCUT2D eigenvalue weighted by Gasteiger charge is -2.32. The van der Waals surface area contributed by atoms with Crippen molar-refractivity contribution in [3.8, 4) is 0 Å². The Bertz CT molecular complexity index is 411. The van der Waals surface area contributed by atoms with E-state index in [9.17, 15) is 4.39 Å². The van der Waals surface area contributed by atoms with E-state index in [0.29, 0.717) is 0 Å². The molecule has 0 aliphatic carbocycles. The van der Waals surface area contributed by atoms with Crippen molar-refractivity contribution in [3.63, 3.8) is 0 Å². The van der Waals surface area contributed by atoms with Crippen LogP contribution in [0.25, 0.3) is 0 Å². The van der Waals surface area contributed by atoms with Crippen molar-refractivity contribution >= 4 is 11.6 Å². The molecule has 1 aromatic carbocycles. The van der Waals surface area contributed by atoms with Crippen LogP contribution in [-0.2, 0) is 6.54 Å². The van der Waals surface area contributed by atoms with Crippen molar-refractivity contribution in [2.24, 2.45) is 5.92 Å². The molecule has 4 heteroatoms. The molecule has 1 atom stereocenters. The molecule has 2 rings (SSSR count). The minimum Gasteiger partial charge on any atom is -0.317 e. The first-order valence-electron chi connectivity index (χ1n) is 7.06. The molecule has 1 N–H and O–H groups in total. The molecular formula is C15H22ClFN2. The van der Waals surface area contributed by atoms with Crippen LogP contribution >= 0.6 is 11.6 Å². The van der Waals surface area contributed by atoms with Crippen LogP contribution in [0.3, 0.4) is 0 Å². The summed E-state index contributed by atoms with van der Waals surface area (Å²) in [5.74, 6) is 0.388. The van der Waals surface area contributed by atoms with Gasteiger partial charge in [0.1, 0.15) is 5.82 Å². The molecule has 0 radical (unpaired) electrons. The van der Waals surface area contributed by atoms with Gasteiger partial charge in [0.2, 0.25) is 0 Å². The summed E-state index contributed by atoms with van der Waals surface area (Å²) in [6.45, 7) is 7.37. The van der Waals surface area contributed by atoms with Gasteiger partial charge >= 0.3 is 0 Å². The van der Waals surface area contributed by atoms with Crippen molar-refractivity contribution in [1.82, 2.24) is 10.2 Å². The van der Waals surface area contributed by atoms with Crippen LogP contribution in [0.4, 0.5) is 4.39 Å². The standard InChI is InChI=1S/C15H22ClFN2/c1-2-18-9-13-4-3-7-19(11-13)10-12-5-6-15(17)14(16)8-12/h5-6,8,13,18H,2-4,7,9-11H2,1H3. The first-order valence-corrected chi connectivity index (χ1v) is 7.44. The molecule has 106 valence electrons. The van der Waals surface area contributed by atoms with Crippen molar-refractivity contribution in [2.45, 2.75) is 26.3 Å². The molecule has 0 saturated carbocycles. The van der Waals surface area contributed by atoms with Crippen molar-refractivity contribution in [2.75, 3.05) is 26.2 Å². The normalized spacial score (nSPS) is 20.7. The van der Waals surface area contributed by atoms with Crippen molar-refractivity contribution < 1.29 is 4.39 Å². The van der Waals surface area contributed by atoms with Gasteiger partial charge in [0.25, 0.3) is 0 Å². The van der Waals surface area contributed by atoms with Gasteiger partial charge in [-0.2, -0.15) is 0 Å². The molecule has 1 fully saturated rings. The fraction of sp³-hybridized carbons (Fsp3) is 0.600. The zero-order valence-electron chi connectivity index (χ0n) is 11.5.